The van der Waals surface area contributed by atoms with Gasteiger partial charge in [-0.2, -0.15) is 0 Å². The topological polar surface area (TPSA) is 131 Å². The molecule has 29 heavy (non-hydrogen) atoms. The molecule has 0 amide bonds. The minimum absolute atomic E-state index is 0.143. The van der Waals surface area contributed by atoms with E-state index in [1.807, 2.05) is 13.8 Å². The molecule has 0 aromatic carbocycles. The SMILES string of the molecule is CC(=N[C@H]1C[C@H](n2cc(C)c(=O)[nH]c2=O)O[C@@H]1CO)C1C(=O)CC(C)(C)CC1=O. The number of Topliss-reactive ketones (excluding diaryl/α,β-unsaturated/α-hetero) is 2. The van der Waals surface area contributed by atoms with Crippen molar-refractivity contribution in [3.63, 3.8) is 0 Å². The van der Waals surface area contributed by atoms with Crippen LogP contribution in [-0.4, -0.2) is 50.7 Å². The van der Waals surface area contributed by atoms with E-state index >= 15 is 0 Å². The molecule has 2 aliphatic rings. The molecule has 2 heterocycles. The smallest absolute Gasteiger partial charge is 0.330 e. The number of H-pyrrole nitrogens is 1. The van der Waals surface area contributed by atoms with Gasteiger partial charge in [0.15, 0.2) is 0 Å². The summed E-state index contributed by atoms with van der Waals surface area (Å²) in [5.41, 5.74) is -0.649. The number of ether oxygens (including phenoxy) is 1. The predicted molar refractivity (Wildman–Crippen MR) is 105 cm³/mol. The fourth-order valence-corrected chi connectivity index (χ4v) is 4.18. The maximum Gasteiger partial charge on any atom is 0.330 e. The third kappa shape index (κ3) is 4.30. The zero-order chi connectivity index (χ0) is 21.5. The first-order chi connectivity index (χ1) is 13.5. The van der Waals surface area contributed by atoms with Crippen LogP contribution in [0.1, 0.15) is 51.8 Å². The van der Waals surface area contributed by atoms with Gasteiger partial charge in [0.2, 0.25) is 0 Å². The lowest BCUT2D eigenvalue weighted by Crippen LogP contribution is -2.41. The molecule has 3 rings (SSSR count). The molecule has 9 nitrogen and oxygen atoms in total. The minimum atomic E-state index is -0.862. The maximum absolute atomic E-state index is 12.5. The van der Waals surface area contributed by atoms with Gasteiger partial charge in [0.25, 0.3) is 5.56 Å². The molecule has 2 N–H and O–H groups in total. The third-order valence-corrected chi connectivity index (χ3v) is 5.58. The number of hydrogen-bond acceptors (Lipinski definition) is 7. The normalized spacial score (nSPS) is 28.2. The lowest BCUT2D eigenvalue weighted by Gasteiger charge is -2.32. The highest BCUT2D eigenvalue weighted by atomic mass is 16.5. The Bertz CT molecular complexity index is 953. The summed E-state index contributed by atoms with van der Waals surface area (Å²) in [5, 5.41) is 9.69. The van der Waals surface area contributed by atoms with Gasteiger partial charge in [-0.05, 0) is 19.3 Å². The summed E-state index contributed by atoms with van der Waals surface area (Å²) in [6.45, 7) is 6.69. The van der Waals surface area contributed by atoms with Crippen LogP contribution in [0.25, 0.3) is 0 Å². The Morgan fingerprint density at radius 2 is 1.90 bits per heavy atom. The number of rotatable bonds is 4. The number of aliphatic imine (C=N–C) groups is 1. The molecule has 0 spiro atoms. The van der Waals surface area contributed by atoms with Gasteiger partial charge in [-0.15, -0.1) is 0 Å². The first-order valence-electron chi connectivity index (χ1n) is 9.70. The molecule has 9 heteroatoms. The molecule has 0 bridgehead atoms. The molecule has 0 unspecified atom stereocenters. The van der Waals surface area contributed by atoms with Gasteiger partial charge < -0.3 is 9.84 Å². The van der Waals surface area contributed by atoms with Crippen LogP contribution in [0, 0.1) is 18.3 Å². The monoisotopic (exact) mass is 405 g/mol. The molecule has 1 aromatic rings. The quantitative estimate of drug-likeness (QED) is 0.555. The average molecular weight is 405 g/mol. The van der Waals surface area contributed by atoms with Crippen LogP contribution in [0.5, 0.6) is 0 Å². The van der Waals surface area contributed by atoms with E-state index in [1.54, 1.807) is 13.8 Å². The fourth-order valence-electron chi connectivity index (χ4n) is 4.18. The standard InChI is InChI=1S/C20H27N3O6/c1-10-8-23(19(28)22-18(10)27)16-5-12(15(9-24)29-16)21-11(2)17-13(25)6-20(3,4)7-14(17)26/h8,12,15-17,24H,5-7,9H2,1-4H3,(H,22,27,28)/t12-,15+,16+/m0/s1. The van der Waals surface area contributed by atoms with Crippen LogP contribution in [0.2, 0.25) is 0 Å². The Morgan fingerprint density at radius 3 is 2.48 bits per heavy atom. The Balaban J connectivity index is 1.84. The van der Waals surface area contributed by atoms with Gasteiger partial charge in [-0.25, -0.2) is 4.79 Å². The lowest BCUT2D eigenvalue weighted by atomic mass is 9.70. The van der Waals surface area contributed by atoms with E-state index in [4.69, 9.17) is 4.74 Å². The molecule has 1 saturated carbocycles. The second kappa shape index (κ2) is 7.79. The van der Waals surface area contributed by atoms with E-state index in [2.05, 4.69) is 9.98 Å². The summed E-state index contributed by atoms with van der Waals surface area (Å²) in [6, 6.07) is -0.514. The van der Waals surface area contributed by atoms with E-state index in [0.717, 1.165) is 0 Å². The summed E-state index contributed by atoms with van der Waals surface area (Å²) in [7, 11) is 0. The van der Waals surface area contributed by atoms with E-state index < -0.39 is 35.5 Å². The number of aromatic nitrogens is 2. The largest absolute Gasteiger partial charge is 0.394 e. The predicted octanol–water partition coefficient (Wildman–Crippen LogP) is 0.529. The van der Waals surface area contributed by atoms with Crippen molar-refractivity contribution in [1.82, 2.24) is 9.55 Å². The van der Waals surface area contributed by atoms with E-state index in [9.17, 15) is 24.3 Å². The Morgan fingerprint density at radius 1 is 1.28 bits per heavy atom. The average Bonchev–Trinajstić information content (AvgIpc) is 2.98. The second-order valence-corrected chi connectivity index (χ2v) is 8.75. The van der Waals surface area contributed by atoms with Crippen LogP contribution in [0.3, 0.4) is 0 Å². The Labute approximate surface area is 167 Å². The van der Waals surface area contributed by atoms with Crippen molar-refractivity contribution < 1.29 is 19.4 Å². The molecule has 1 aliphatic heterocycles. The molecule has 2 fully saturated rings. The molecule has 158 valence electrons. The maximum atomic E-state index is 12.5. The van der Waals surface area contributed by atoms with Gasteiger partial charge in [0, 0.05) is 36.7 Å². The Kier molecular flexibility index (Phi) is 5.73. The highest BCUT2D eigenvalue weighted by Gasteiger charge is 2.42. The molecule has 1 aromatic heterocycles. The highest BCUT2D eigenvalue weighted by Crippen LogP contribution is 2.35. The molecular formula is C20H27N3O6. The number of aliphatic hydroxyl groups excluding tert-OH is 1. The van der Waals surface area contributed by atoms with Gasteiger partial charge in [0.05, 0.1) is 12.6 Å². The van der Waals surface area contributed by atoms with Gasteiger partial charge in [0.1, 0.15) is 29.8 Å². The van der Waals surface area contributed by atoms with Crippen molar-refractivity contribution in [2.75, 3.05) is 6.61 Å². The van der Waals surface area contributed by atoms with Gasteiger partial charge in [-0.1, -0.05) is 13.8 Å². The molecule has 0 radical (unpaired) electrons. The number of nitrogens with one attached hydrogen (secondary N) is 1. The van der Waals surface area contributed by atoms with Crippen LogP contribution in [0.15, 0.2) is 20.8 Å². The van der Waals surface area contributed by atoms with Crippen molar-refractivity contribution >= 4 is 17.3 Å². The third-order valence-electron chi connectivity index (χ3n) is 5.58. The van der Waals surface area contributed by atoms with Gasteiger partial charge in [-0.3, -0.25) is 28.9 Å². The number of aryl methyl sites for hydroxylation is 1. The van der Waals surface area contributed by atoms with Crippen molar-refractivity contribution in [3.8, 4) is 0 Å². The highest BCUT2D eigenvalue weighted by molar-refractivity contribution is 6.21. The van der Waals surface area contributed by atoms with Gasteiger partial charge >= 0.3 is 5.69 Å². The minimum Gasteiger partial charge on any atom is -0.394 e. The summed E-state index contributed by atoms with van der Waals surface area (Å²) in [4.78, 5) is 55.5. The number of carbonyl (C=O) groups excluding carboxylic acids is 2. The number of aliphatic hydroxyl groups is 1. The van der Waals surface area contributed by atoms with Crippen LogP contribution in [-0.2, 0) is 14.3 Å². The van der Waals surface area contributed by atoms with Crippen molar-refractivity contribution in [1.29, 1.82) is 0 Å². The van der Waals surface area contributed by atoms with E-state index in [-0.39, 0.29) is 30.0 Å². The Hall–Kier alpha value is -2.39. The van der Waals surface area contributed by atoms with Crippen molar-refractivity contribution in [2.45, 2.75) is 65.3 Å². The lowest BCUT2D eigenvalue weighted by molar-refractivity contribution is -0.136. The van der Waals surface area contributed by atoms with Crippen molar-refractivity contribution in [2.24, 2.45) is 16.3 Å². The summed E-state index contributed by atoms with van der Waals surface area (Å²) in [5.74, 6) is -1.15. The first kappa shape index (κ1) is 21.3. The van der Waals surface area contributed by atoms with Crippen molar-refractivity contribution in [3.05, 3.63) is 32.6 Å². The molecule has 1 saturated heterocycles. The zero-order valence-electron chi connectivity index (χ0n) is 17.1. The summed E-state index contributed by atoms with van der Waals surface area (Å²) in [6.07, 6.45) is 0.919. The van der Waals surface area contributed by atoms with E-state index in [1.165, 1.54) is 10.8 Å². The second-order valence-electron chi connectivity index (χ2n) is 8.75. The zero-order valence-corrected chi connectivity index (χ0v) is 17.1. The fraction of sp³-hybridized carbons (Fsp3) is 0.650. The summed E-state index contributed by atoms with van der Waals surface area (Å²) >= 11 is 0. The van der Waals surface area contributed by atoms with Crippen LogP contribution >= 0.6 is 0 Å². The molecule has 1 aliphatic carbocycles. The number of carbonyl (C=O) groups is 2. The number of aromatic amines is 1. The molecule has 3 atom stereocenters. The van der Waals surface area contributed by atoms with Crippen LogP contribution in [0.4, 0.5) is 0 Å². The number of nitrogens with zero attached hydrogens (tertiary/aromatic N) is 2. The van der Waals surface area contributed by atoms with Crippen LogP contribution < -0.4 is 11.2 Å². The molecular weight excluding hydrogens is 378 g/mol. The van der Waals surface area contributed by atoms with E-state index in [0.29, 0.717) is 24.1 Å². The number of hydrogen-bond donors (Lipinski definition) is 2. The first-order valence-corrected chi connectivity index (χ1v) is 9.70. The number of ketones is 2. The summed E-state index contributed by atoms with van der Waals surface area (Å²) < 4.78 is 7.04.